The average molecular weight is 255 g/mol. The molecular weight excluding hydrogens is 230 g/mol. The molecule has 4 heteroatoms. The molecule has 1 atom stereocenters. The Morgan fingerprint density at radius 3 is 2.83 bits per heavy atom. The fraction of sp³-hybridized carbons (Fsp3) is 0.929. The van der Waals surface area contributed by atoms with E-state index >= 15 is 0 Å². The first-order valence-electron chi connectivity index (χ1n) is 7.26. The van der Waals surface area contributed by atoms with Crippen LogP contribution in [-0.4, -0.2) is 38.4 Å². The molecular formula is C14H25NO3. The smallest absolute Gasteiger partial charge is 0.313 e. The Morgan fingerprint density at radius 1 is 1.44 bits per heavy atom. The third-order valence-corrected chi connectivity index (χ3v) is 4.08. The molecule has 2 fully saturated rings. The summed E-state index contributed by atoms with van der Waals surface area (Å²) in [5.41, 5.74) is -0.273. The van der Waals surface area contributed by atoms with E-state index in [0.29, 0.717) is 0 Å². The summed E-state index contributed by atoms with van der Waals surface area (Å²) in [6.45, 7) is 5.38. The molecule has 0 amide bonds. The van der Waals surface area contributed by atoms with E-state index in [4.69, 9.17) is 9.47 Å². The van der Waals surface area contributed by atoms with E-state index in [1.165, 1.54) is 0 Å². The van der Waals surface area contributed by atoms with Gasteiger partial charge < -0.3 is 14.8 Å². The maximum absolute atomic E-state index is 12.5. The Bertz CT molecular complexity index is 263. The molecule has 0 saturated carbocycles. The quantitative estimate of drug-likeness (QED) is 0.779. The molecule has 0 spiro atoms. The summed E-state index contributed by atoms with van der Waals surface area (Å²) >= 11 is 0. The summed E-state index contributed by atoms with van der Waals surface area (Å²) in [4.78, 5) is 12.5. The molecule has 4 nitrogen and oxygen atoms in total. The van der Waals surface area contributed by atoms with E-state index < -0.39 is 0 Å². The molecule has 2 saturated heterocycles. The molecule has 2 rings (SSSR count). The van der Waals surface area contributed by atoms with Crippen LogP contribution in [0.2, 0.25) is 0 Å². The first-order valence-corrected chi connectivity index (χ1v) is 7.26. The maximum Gasteiger partial charge on any atom is 0.313 e. The second kappa shape index (κ2) is 6.53. The van der Waals surface area contributed by atoms with Crippen LogP contribution in [0.1, 0.15) is 45.4 Å². The van der Waals surface area contributed by atoms with Crippen LogP contribution in [0.3, 0.4) is 0 Å². The SMILES string of the molecule is CCCC1(C(=O)OC2CCOCC2)CCCNC1. The van der Waals surface area contributed by atoms with Crippen molar-refractivity contribution in [3.8, 4) is 0 Å². The van der Waals surface area contributed by atoms with E-state index in [9.17, 15) is 4.79 Å². The van der Waals surface area contributed by atoms with Crippen molar-refractivity contribution in [1.82, 2.24) is 5.32 Å². The van der Waals surface area contributed by atoms with Crippen molar-refractivity contribution in [2.45, 2.75) is 51.6 Å². The number of carbonyl (C=O) groups excluding carboxylic acids is 1. The molecule has 0 aliphatic carbocycles. The van der Waals surface area contributed by atoms with Gasteiger partial charge in [-0.05, 0) is 25.8 Å². The van der Waals surface area contributed by atoms with Gasteiger partial charge in [0.05, 0.1) is 18.6 Å². The lowest BCUT2D eigenvalue weighted by Crippen LogP contribution is -2.47. The van der Waals surface area contributed by atoms with Crippen molar-refractivity contribution < 1.29 is 14.3 Å². The zero-order valence-electron chi connectivity index (χ0n) is 11.4. The van der Waals surface area contributed by atoms with E-state index in [0.717, 1.165) is 64.8 Å². The van der Waals surface area contributed by atoms with Crippen LogP contribution in [0.25, 0.3) is 0 Å². The predicted octanol–water partition coefficient (Wildman–Crippen LogP) is 1.88. The van der Waals surface area contributed by atoms with Crippen molar-refractivity contribution in [3.05, 3.63) is 0 Å². The van der Waals surface area contributed by atoms with Gasteiger partial charge in [-0.15, -0.1) is 0 Å². The van der Waals surface area contributed by atoms with E-state index in [2.05, 4.69) is 12.2 Å². The monoisotopic (exact) mass is 255 g/mol. The average Bonchev–Trinajstić information content (AvgIpc) is 2.41. The fourth-order valence-electron chi connectivity index (χ4n) is 3.01. The lowest BCUT2D eigenvalue weighted by molar-refractivity contribution is -0.167. The first-order chi connectivity index (χ1) is 8.77. The van der Waals surface area contributed by atoms with Crippen molar-refractivity contribution in [2.75, 3.05) is 26.3 Å². The van der Waals surface area contributed by atoms with E-state index in [1.807, 2.05) is 0 Å². The standard InChI is InChI=1S/C14H25NO3/c1-2-6-14(7-3-8-15-11-14)13(16)18-12-4-9-17-10-5-12/h12,15H,2-11H2,1H3. The second-order valence-corrected chi connectivity index (χ2v) is 5.53. The molecule has 1 N–H and O–H groups in total. The highest BCUT2D eigenvalue weighted by molar-refractivity contribution is 5.77. The van der Waals surface area contributed by atoms with Crippen LogP contribution < -0.4 is 5.32 Å². The second-order valence-electron chi connectivity index (χ2n) is 5.53. The van der Waals surface area contributed by atoms with Crippen molar-refractivity contribution >= 4 is 5.97 Å². The van der Waals surface area contributed by atoms with E-state index in [-0.39, 0.29) is 17.5 Å². The number of esters is 1. The summed E-state index contributed by atoms with van der Waals surface area (Å²) in [7, 11) is 0. The lowest BCUT2D eigenvalue weighted by Gasteiger charge is -2.37. The Kier molecular flexibility index (Phi) is 5.01. The van der Waals surface area contributed by atoms with Crippen LogP contribution >= 0.6 is 0 Å². The maximum atomic E-state index is 12.5. The summed E-state index contributed by atoms with van der Waals surface area (Å²) in [6, 6.07) is 0. The summed E-state index contributed by atoms with van der Waals surface area (Å²) in [5.74, 6) is 0.0171. The van der Waals surface area contributed by atoms with Crippen LogP contribution in [0.5, 0.6) is 0 Å². The minimum absolute atomic E-state index is 0.0171. The Hall–Kier alpha value is -0.610. The lowest BCUT2D eigenvalue weighted by atomic mass is 9.77. The number of piperidine rings is 1. The summed E-state index contributed by atoms with van der Waals surface area (Å²) in [6.07, 6.45) is 5.77. The van der Waals surface area contributed by atoms with Crippen LogP contribution in [0.4, 0.5) is 0 Å². The molecule has 0 aromatic rings. The number of ether oxygens (including phenoxy) is 2. The Morgan fingerprint density at radius 2 is 2.22 bits per heavy atom. The topological polar surface area (TPSA) is 47.6 Å². The molecule has 18 heavy (non-hydrogen) atoms. The minimum atomic E-state index is -0.273. The largest absolute Gasteiger partial charge is 0.462 e. The van der Waals surface area contributed by atoms with Gasteiger partial charge in [-0.1, -0.05) is 13.3 Å². The van der Waals surface area contributed by atoms with Gasteiger partial charge in [-0.3, -0.25) is 4.79 Å². The number of hydrogen-bond acceptors (Lipinski definition) is 4. The zero-order chi connectivity index (χ0) is 12.8. The summed E-state index contributed by atoms with van der Waals surface area (Å²) in [5, 5.41) is 3.35. The molecule has 104 valence electrons. The molecule has 0 aromatic carbocycles. The highest BCUT2D eigenvalue weighted by Gasteiger charge is 2.41. The Balaban J connectivity index is 1.94. The third-order valence-electron chi connectivity index (χ3n) is 4.08. The van der Waals surface area contributed by atoms with Crippen molar-refractivity contribution in [2.24, 2.45) is 5.41 Å². The molecule has 2 aliphatic rings. The molecule has 2 heterocycles. The van der Waals surface area contributed by atoms with Crippen LogP contribution in [0, 0.1) is 5.41 Å². The van der Waals surface area contributed by atoms with Gasteiger partial charge in [0.1, 0.15) is 6.10 Å². The third kappa shape index (κ3) is 3.23. The normalized spacial score (nSPS) is 30.1. The van der Waals surface area contributed by atoms with Gasteiger partial charge in [-0.25, -0.2) is 0 Å². The van der Waals surface area contributed by atoms with Gasteiger partial charge in [0.15, 0.2) is 0 Å². The molecule has 0 aromatic heterocycles. The highest BCUT2D eigenvalue weighted by atomic mass is 16.6. The van der Waals surface area contributed by atoms with Crippen molar-refractivity contribution in [3.63, 3.8) is 0 Å². The molecule has 0 bridgehead atoms. The summed E-state index contributed by atoms with van der Waals surface area (Å²) < 4.78 is 11.0. The highest BCUT2D eigenvalue weighted by Crippen LogP contribution is 2.34. The zero-order valence-corrected chi connectivity index (χ0v) is 11.4. The Labute approximate surface area is 109 Å². The molecule has 0 radical (unpaired) electrons. The number of rotatable bonds is 4. The first kappa shape index (κ1) is 13.8. The number of carbonyl (C=O) groups is 1. The van der Waals surface area contributed by atoms with E-state index in [1.54, 1.807) is 0 Å². The molecule has 1 unspecified atom stereocenters. The predicted molar refractivity (Wildman–Crippen MR) is 69.4 cm³/mol. The van der Waals surface area contributed by atoms with Gasteiger partial charge in [-0.2, -0.15) is 0 Å². The van der Waals surface area contributed by atoms with Crippen LogP contribution in [-0.2, 0) is 14.3 Å². The van der Waals surface area contributed by atoms with Gasteiger partial charge >= 0.3 is 5.97 Å². The number of nitrogens with one attached hydrogen (secondary N) is 1. The number of hydrogen-bond donors (Lipinski definition) is 1. The minimum Gasteiger partial charge on any atom is -0.462 e. The van der Waals surface area contributed by atoms with Gasteiger partial charge in [0, 0.05) is 19.4 Å². The van der Waals surface area contributed by atoms with Crippen LogP contribution in [0.15, 0.2) is 0 Å². The fourth-order valence-corrected chi connectivity index (χ4v) is 3.01. The van der Waals surface area contributed by atoms with Crippen molar-refractivity contribution in [1.29, 1.82) is 0 Å². The molecule has 2 aliphatic heterocycles. The van der Waals surface area contributed by atoms with Gasteiger partial charge in [0.2, 0.25) is 0 Å². The van der Waals surface area contributed by atoms with Gasteiger partial charge in [0.25, 0.3) is 0 Å².